The van der Waals surface area contributed by atoms with E-state index >= 15 is 0 Å². The van der Waals surface area contributed by atoms with Gasteiger partial charge < -0.3 is 14.4 Å². The number of aromatic nitrogens is 3. The molecule has 52 heavy (non-hydrogen) atoms. The van der Waals surface area contributed by atoms with Crippen LogP contribution in [0.15, 0.2) is 83.5 Å². The number of nitrogens with zero attached hydrogens (tertiary/aromatic N) is 3. The maximum Gasteiger partial charge on any atom is 0.216 e. The third-order valence-corrected chi connectivity index (χ3v) is 14.3. The second-order valence-electron chi connectivity index (χ2n) is 17.1. The second kappa shape index (κ2) is 14.8. The first-order valence-electron chi connectivity index (χ1n) is 19.2. The number of pyridine rings is 3. The van der Waals surface area contributed by atoms with Gasteiger partial charge in [-0.1, -0.05) is 74.6 Å². The number of fused-ring (bicyclic) bond motifs is 3. The molecule has 4 bridgehead atoms. The van der Waals surface area contributed by atoms with Gasteiger partial charge >= 0.3 is 0 Å². The van der Waals surface area contributed by atoms with Gasteiger partial charge in [-0.3, -0.25) is 0 Å². The molecule has 6 aromatic rings. The summed E-state index contributed by atoms with van der Waals surface area (Å²) in [5, 5.41) is 3.66. The Labute approximate surface area is 324 Å². The van der Waals surface area contributed by atoms with Crippen LogP contribution in [0.25, 0.3) is 44.6 Å². The van der Waals surface area contributed by atoms with Crippen molar-refractivity contribution in [3.8, 4) is 22.5 Å². The minimum Gasteiger partial charge on any atom is -0.486 e. The van der Waals surface area contributed by atoms with Crippen molar-refractivity contribution in [2.75, 3.05) is 0 Å². The average molecular weight is 882 g/mol. The molecule has 4 aliphatic carbocycles. The summed E-state index contributed by atoms with van der Waals surface area (Å²) in [6.45, 7) is 16.3. The Morgan fingerprint density at radius 3 is 2.21 bits per heavy atom. The van der Waals surface area contributed by atoms with E-state index in [1.807, 2.05) is 43.5 Å². The molecule has 4 fully saturated rings. The second-order valence-corrected chi connectivity index (χ2v) is 22.2. The van der Waals surface area contributed by atoms with Gasteiger partial charge in [-0.25, -0.2) is 4.98 Å². The van der Waals surface area contributed by atoms with Gasteiger partial charge in [0.2, 0.25) is 5.71 Å². The standard InChI is InChI=1S/C26H34NSi.C20H17N2O.Ir/c1-17(26-21-11-18-10-19(13-21)14-22(26)12-18)23-15-24(20-8-6-5-7-9-20)27-16-25(23)28(2,3)4;1-12(2)14-9-10-21-18(11-14)17-6-4-5-15-16-8-7-13(3)22-20(16)23-19(15)17;/h5-8,15-19,21-22,26H,10-14H2,1-4H3;4-5,7-12H,1-3H3;/q2*-1;. The maximum absolute atomic E-state index is 6.04. The van der Waals surface area contributed by atoms with Crippen molar-refractivity contribution in [3.05, 3.63) is 108 Å². The van der Waals surface area contributed by atoms with Crippen molar-refractivity contribution < 1.29 is 24.5 Å². The molecule has 2 aromatic carbocycles. The molecule has 4 aromatic heterocycles. The van der Waals surface area contributed by atoms with Gasteiger partial charge in [0, 0.05) is 43.6 Å². The van der Waals surface area contributed by atoms with Crippen LogP contribution in [-0.4, -0.2) is 23.0 Å². The summed E-state index contributed by atoms with van der Waals surface area (Å²) in [4.78, 5) is 13.9. The van der Waals surface area contributed by atoms with Crippen LogP contribution in [0.3, 0.4) is 0 Å². The molecule has 271 valence electrons. The van der Waals surface area contributed by atoms with Crippen molar-refractivity contribution in [2.45, 2.75) is 91.3 Å². The third kappa shape index (κ3) is 7.11. The minimum atomic E-state index is -1.44. The van der Waals surface area contributed by atoms with Gasteiger partial charge in [-0.2, -0.15) is 0 Å². The number of furan rings is 1. The van der Waals surface area contributed by atoms with E-state index in [0.717, 1.165) is 74.2 Å². The minimum absolute atomic E-state index is 0. The smallest absolute Gasteiger partial charge is 0.216 e. The molecule has 1 radical (unpaired) electrons. The van der Waals surface area contributed by atoms with Gasteiger partial charge in [0.1, 0.15) is 0 Å². The molecule has 0 N–H and O–H groups in total. The zero-order chi connectivity index (χ0) is 35.4. The van der Waals surface area contributed by atoms with E-state index < -0.39 is 8.07 Å². The SMILES string of the molecule is CC(c1cc(-c2[c-]cccc2)ncc1[Si](C)(C)C)C1C2CC3CC(C2)CC1C3.Cc1ccc2c(n1)oc1c(-c3cc(C(C)C)ccn3)[c-]ccc12.[Ir]. The molecular formula is C46H51IrN3OSi-2. The normalized spacial score (nSPS) is 22.7. The molecule has 4 aliphatic rings. The van der Waals surface area contributed by atoms with E-state index in [4.69, 9.17) is 9.40 Å². The van der Waals surface area contributed by atoms with Crippen LogP contribution >= 0.6 is 0 Å². The Hall–Kier alpha value is -3.44. The molecule has 1 atom stereocenters. The predicted molar refractivity (Wildman–Crippen MR) is 213 cm³/mol. The van der Waals surface area contributed by atoms with Crippen LogP contribution in [0.2, 0.25) is 19.6 Å². The van der Waals surface area contributed by atoms with Crippen molar-refractivity contribution in [1.82, 2.24) is 15.0 Å². The van der Waals surface area contributed by atoms with Gasteiger partial charge in [0.05, 0.1) is 13.7 Å². The van der Waals surface area contributed by atoms with Crippen LogP contribution in [0.1, 0.15) is 81.5 Å². The van der Waals surface area contributed by atoms with E-state index in [2.05, 4.69) is 105 Å². The first-order valence-corrected chi connectivity index (χ1v) is 22.7. The number of benzene rings is 2. The fourth-order valence-electron chi connectivity index (χ4n) is 10.0. The first kappa shape index (κ1) is 36.9. The van der Waals surface area contributed by atoms with Crippen molar-refractivity contribution >= 4 is 35.3 Å². The number of hydrogen-bond donors (Lipinski definition) is 0. The van der Waals surface area contributed by atoms with Crippen LogP contribution < -0.4 is 5.19 Å². The maximum atomic E-state index is 6.04. The summed E-state index contributed by atoms with van der Waals surface area (Å²) in [5.41, 5.74) is 9.29. The molecule has 6 heteroatoms. The summed E-state index contributed by atoms with van der Waals surface area (Å²) in [5.74, 6) is 6.04. The Bertz CT molecular complexity index is 2160. The van der Waals surface area contributed by atoms with Gasteiger partial charge in [-0.05, 0) is 115 Å². The zero-order valence-electron chi connectivity index (χ0n) is 31.7. The van der Waals surface area contributed by atoms with Crippen LogP contribution in [0.5, 0.6) is 0 Å². The van der Waals surface area contributed by atoms with Gasteiger partial charge in [0.25, 0.3) is 0 Å². The molecule has 1 unspecified atom stereocenters. The average Bonchev–Trinajstić information content (AvgIpc) is 3.49. The Morgan fingerprint density at radius 1 is 0.788 bits per heavy atom. The van der Waals surface area contributed by atoms with Crippen LogP contribution in [0, 0.1) is 48.6 Å². The first-order chi connectivity index (χ1) is 24.5. The summed E-state index contributed by atoms with van der Waals surface area (Å²) < 4.78 is 6.04. The van der Waals surface area contributed by atoms with E-state index in [-0.39, 0.29) is 20.1 Å². The summed E-state index contributed by atoms with van der Waals surface area (Å²) in [6.07, 6.45) is 11.6. The Kier molecular flexibility index (Phi) is 10.5. The molecule has 4 heterocycles. The zero-order valence-corrected chi connectivity index (χ0v) is 35.1. The Balaban J connectivity index is 0.000000162. The quantitative estimate of drug-likeness (QED) is 0.124. The molecule has 4 saturated carbocycles. The van der Waals surface area contributed by atoms with Crippen LogP contribution in [-0.2, 0) is 20.1 Å². The topological polar surface area (TPSA) is 51.8 Å². The number of aryl methyl sites for hydroxylation is 1. The van der Waals surface area contributed by atoms with Gasteiger partial charge in [0.15, 0.2) is 0 Å². The summed E-state index contributed by atoms with van der Waals surface area (Å²) >= 11 is 0. The van der Waals surface area contributed by atoms with Crippen molar-refractivity contribution in [1.29, 1.82) is 0 Å². The van der Waals surface area contributed by atoms with Gasteiger partial charge in [-0.15, -0.1) is 54.1 Å². The summed E-state index contributed by atoms with van der Waals surface area (Å²) in [7, 11) is -1.44. The number of hydrogen-bond acceptors (Lipinski definition) is 4. The van der Waals surface area contributed by atoms with E-state index in [0.29, 0.717) is 17.5 Å². The monoisotopic (exact) mass is 882 g/mol. The molecule has 0 amide bonds. The molecular weight excluding hydrogens is 831 g/mol. The van der Waals surface area contributed by atoms with Crippen molar-refractivity contribution in [2.24, 2.45) is 29.6 Å². The van der Waals surface area contributed by atoms with Crippen molar-refractivity contribution in [3.63, 3.8) is 0 Å². The van der Waals surface area contributed by atoms with E-state index in [9.17, 15) is 0 Å². The van der Waals surface area contributed by atoms with E-state index in [1.54, 1.807) is 10.8 Å². The Morgan fingerprint density at radius 2 is 1.54 bits per heavy atom. The molecule has 4 nitrogen and oxygen atoms in total. The number of rotatable bonds is 6. The fourth-order valence-corrected chi connectivity index (χ4v) is 11.6. The fraction of sp³-hybridized carbons (Fsp3) is 0.413. The summed E-state index contributed by atoms with van der Waals surface area (Å²) in [6, 6.07) is 29.6. The molecule has 10 rings (SSSR count). The predicted octanol–water partition coefficient (Wildman–Crippen LogP) is 11.5. The molecule has 0 saturated heterocycles. The largest absolute Gasteiger partial charge is 0.486 e. The molecule has 0 spiro atoms. The van der Waals surface area contributed by atoms with E-state index in [1.165, 1.54) is 37.7 Å². The van der Waals surface area contributed by atoms with Crippen LogP contribution in [0.4, 0.5) is 0 Å². The molecule has 0 aliphatic heterocycles. The third-order valence-electron chi connectivity index (χ3n) is 12.2.